The number of fused-ring (bicyclic) bond motifs is 1. The molecule has 0 radical (unpaired) electrons. The van der Waals surface area contributed by atoms with Gasteiger partial charge in [-0.25, -0.2) is 0 Å². The molecule has 0 fully saturated rings. The van der Waals surface area contributed by atoms with Crippen molar-refractivity contribution < 1.29 is 4.42 Å². The van der Waals surface area contributed by atoms with Crippen molar-refractivity contribution in [3.8, 4) is 11.3 Å². The van der Waals surface area contributed by atoms with Crippen LogP contribution in [0.1, 0.15) is 0 Å². The zero-order valence-corrected chi connectivity index (χ0v) is 9.28. The molecule has 3 nitrogen and oxygen atoms in total. The highest BCUT2D eigenvalue weighted by Gasteiger charge is 2.10. The normalized spacial score (nSPS) is 11.0. The lowest BCUT2D eigenvalue weighted by molar-refractivity contribution is 0.583. The summed E-state index contributed by atoms with van der Waals surface area (Å²) in [6.45, 7) is 0. The summed E-state index contributed by atoms with van der Waals surface area (Å²) in [5.41, 5.74) is 1.92. The second kappa shape index (κ2) is 3.24. The number of benzene rings is 1. The number of furan rings is 1. The van der Waals surface area contributed by atoms with Crippen LogP contribution in [0, 0.1) is 0 Å². The molecule has 0 saturated carbocycles. The van der Waals surface area contributed by atoms with Crippen LogP contribution in [-0.2, 0) is 0 Å². The SMILES string of the molecule is Brc1[nH]nc2c(-c3ccco3)cccc12. The van der Waals surface area contributed by atoms with Crippen LogP contribution in [0.3, 0.4) is 0 Å². The summed E-state index contributed by atoms with van der Waals surface area (Å²) in [6, 6.07) is 9.79. The van der Waals surface area contributed by atoms with Crippen molar-refractivity contribution >= 4 is 26.8 Å². The van der Waals surface area contributed by atoms with Crippen molar-refractivity contribution in [1.82, 2.24) is 10.2 Å². The summed E-state index contributed by atoms with van der Waals surface area (Å²) in [5.74, 6) is 0.833. The number of nitrogens with one attached hydrogen (secondary N) is 1. The van der Waals surface area contributed by atoms with E-state index >= 15 is 0 Å². The quantitative estimate of drug-likeness (QED) is 0.729. The van der Waals surface area contributed by atoms with Crippen LogP contribution in [0.5, 0.6) is 0 Å². The lowest BCUT2D eigenvalue weighted by atomic mass is 10.1. The number of hydrogen-bond donors (Lipinski definition) is 1. The maximum atomic E-state index is 5.37. The zero-order chi connectivity index (χ0) is 10.3. The Morgan fingerprint density at radius 3 is 2.93 bits per heavy atom. The van der Waals surface area contributed by atoms with Crippen LogP contribution in [0.25, 0.3) is 22.2 Å². The molecular weight excluding hydrogens is 256 g/mol. The standard InChI is InChI=1S/C11H7BrN2O/c12-11-8-4-1-3-7(10(8)13-14-11)9-5-2-6-15-9/h1-6H,(H,13,14). The second-order valence-corrected chi connectivity index (χ2v) is 4.01. The molecule has 0 aliphatic heterocycles. The van der Waals surface area contributed by atoms with Crippen LogP contribution < -0.4 is 0 Å². The molecule has 15 heavy (non-hydrogen) atoms. The zero-order valence-electron chi connectivity index (χ0n) is 7.70. The molecular formula is C11H7BrN2O. The van der Waals surface area contributed by atoms with Crippen molar-refractivity contribution in [2.24, 2.45) is 0 Å². The van der Waals surface area contributed by atoms with E-state index in [-0.39, 0.29) is 0 Å². The van der Waals surface area contributed by atoms with E-state index in [0.29, 0.717) is 0 Å². The third-order valence-corrected chi connectivity index (χ3v) is 2.93. The van der Waals surface area contributed by atoms with Crippen LogP contribution in [-0.4, -0.2) is 10.2 Å². The van der Waals surface area contributed by atoms with Gasteiger partial charge in [0.05, 0.1) is 6.26 Å². The van der Waals surface area contributed by atoms with E-state index in [4.69, 9.17) is 4.42 Å². The number of aromatic amines is 1. The van der Waals surface area contributed by atoms with Gasteiger partial charge < -0.3 is 4.42 Å². The van der Waals surface area contributed by atoms with Gasteiger partial charge in [-0.1, -0.05) is 6.07 Å². The third kappa shape index (κ3) is 1.29. The van der Waals surface area contributed by atoms with Crippen molar-refractivity contribution in [3.63, 3.8) is 0 Å². The van der Waals surface area contributed by atoms with Crippen LogP contribution in [0.4, 0.5) is 0 Å². The molecule has 1 N–H and O–H groups in total. The van der Waals surface area contributed by atoms with E-state index in [1.165, 1.54) is 0 Å². The molecule has 0 aliphatic rings. The van der Waals surface area contributed by atoms with E-state index < -0.39 is 0 Å². The molecule has 0 bridgehead atoms. The highest BCUT2D eigenvalue weighted by atomic mass is 79.9. The van der Waals surface area contributed by atoms with Gasteiger partial charge in [-0.05, 0) is 40.2 Å². The predicted octanol–water partition coefficient (Wildman–Crippen LogP) is 3.59. The van der Waals surface area contributed by atoms with Gasteiger partial charge in [0.1, 0.15) is 15.9 Å². The third-order valence-electron chi connectivity index (χ3n) is 2.32. The molecule has 3 rings (SSSR count). The second-order valence-electron chi connectivity index (χ2n) is 3.22. The summed E-state index contributed by atoms with van der Waals surface area (Å²) >= 11 is 3.42. The number of H-pyrrole nitrogens is 1. The summed E-state index contributed by atoms with van der Waals surface area (Å²) in [7, 11) is 0. The molecule has 2 aromatic heterocycles. The first-order chi connectivity index (χ1) is 7.36. The van der Waals surface area contributed by atoms with Crippen LogP contribution >= 0.6 is 15.9 Å². The molecule has 1 aromatic carbocycles. The number of para-hydroxylation sites is 1. The lowest BCUT2D eigenvalue weighted by Gasteiger charge is -1.97. The maximum absolute atomic E-state index is 5.37. The van der Waals surface area contributed by atoms with Crippen LogP contribution in [0.15, 0.2) is 45.6 Å². The molecule has 0 aliphatic carbocycles. The molecule has 74 valence electrons. The molecule has 3 aromatic rings. The minimum absolute atomic E-state index is 0.833. The highest BCUT2D eigenvalue weighted by molar-refractivity contribution is 9.10. The molecule has 0 spiro atoms. The first-order valence-electron chi connectivity index (χ1n) is 4.53. The Bertz CT molecular complexity index is 598. The van der Waals surface area contributed by atoms with Crippen LogP contribution in [0.2, 0.25) is 0 Å². The van der Waals surface area contributed by atoms with Gasteiger partial charge in [0.15, 0.2) is 0 Å². The van der Waals surface area contributed by atoms with Crippen molar-refractivity contribution in [2.75, 3.05) is 0 Å². The van der Waals surface area contributed by atoms with Gasteiger partial charge in [0.2, 0.25) is 0 Å². The minimum Gasteiger partial charge on any atom is -0.464 e. The first-order valence-corrected chi connectivity index (χ1v) is 5.32. The van der Waals surface area contributed by atoms with Crippen molar-refractivity contribution in [1.29, 1.82) is 0 Å². The molecule has 4 heteroatoms. The summed E-state index contributed by atoms with van der Waals surface area (Å²) in [6.07, 6.45) is 1.66. The Hall–Kier alpha value is -1.55. The Morgan fingerprint density at radius 2 is 2.13 bits per heavy atom. The number of aromatic nitrogens is 2. The van der Waals surface area contributed by atoms with E-state index in [9.17, 15) is 0 Å². The lowest BCUT2D eigenvalue weighted by Crippen LogP contribution is -1.76. The molecule has 0 saturated heterocycles. The monoisotopic (exact) mass is 262 g/mol. The Labute approximate surface area is 94.2 Å². The van der Waals surface area contributed by atoms with Gasteiger partial charge >= 0.3 is 0 Å². The predicted molar refractivity (Wildman–Crippen MR) is 61.5 cm³/mol. The van der Waals surface area contributed by atoms with Gasteiger partial charge in [-0.3, -0.25) is 5.10 Å². The average Bonchev–Trinajstić information content (AvgIpc) is 2.88. The fourth-order valence-corrected chi connectivity index (χ4v) is 2.05. The molecule has 0 unspecified atom stereocenters. The van der Waals surface area contributed by atoms with Crippen molar-refractivity contribution in [3.05, 3.63) is 41.2 Å². The average molecular weight is 263 g/mol. The van der Waals surface area contributed by atoms with Gasteiger partial charge in [-0.2, -0.15) is 5.10 Å². The topological polar surface area (TPSA) is 41.8 Å². The summed E-state index contributed by atoms with van der Waals surface area (Å²) < 4.78 is 6.26. The molecule has 0 atom stereocenters. The number of halogens is 1. The fourth-order valence-electron chi connectivity index (χ4n) is 1.64. The van der Waals surface area contributed by atoms with Crippen molar-refractivity contribution in [2.45, 2.75) is 0 Å². The number of hydrogen-bond acceptors (Lipinski definition) is 2. The first kappa shape index (κ1) is 8.73. The smallest absolute Gasteiger partial charge is 0.136 e. The van der Waals surface area contributed by atoms with Gasteiger partial charge in [0, 0.05) is 10.9 Å². The molecule has 2 heterocycles. The fraction of sp³-hybridized carbons (Fsp3) is 0. The van der Waals surface area contributed by atoms with Gasteiger partial charge in [0.25, 0.3) is 0 Å². The summed E-state index contributed by atoms with van der Waals surface area (Å²) in [4.78, 5) is 0. The van der Waals surface area contributed by atoms with E-state index in [1.807, 2.05) is 30.3 Å². The van der Waals surface area contributed by atoms with E-state index in [1.54, 1.807) is 6.26 Å². The Balaban J connectivity index is 2.36. The van der Waals surface area contributed by atoms with E-state index in [0.717, 1.165) is 26.8 Å². The molecule has 0 amide bonds. The number of rotatable bonds is 1. The largest absolute Gasteiger partial charge is 0.464 e. The van der Waals surface area contributed by atoms with Gasteiger partial charge in [-0.15, -0.1) is 0 Å². The summed E-state index contributed by atoms with van der Waals surface area (Å²) in [5, 5.41) is 8.21. The van der Waals surface area contributed by atoms with E-state index in [2.05, 4.69) is 26.1 Å². The minimum atomic E-state index is 0.833. The maximum Gasteiger partial charge on any atom is 0.136 e. The Morgan fingerprint density at radius 1 is 1.20 bits per heavy atom. The Kier molecular flexibility index (Phi) is 1.89. The highest BCUT2D eigenvalue weighted by Crippen LogP contribution is 2.30. The number of nitrogens with zero attached hydrogens (tertiary/aromatic N) is 1.